The van der Waals surface area contributed by atoms with E-state index in [4.69, 9.17) is 11.6 Å². The molecular formula is C21H26ClN5O. The molecule has 1 amide bonds. The zero-order valence-electron chi connectivity index (χ0n) is 16.2. The number of halogens is 1. The van der Waals surface area contributed by atoms with Gasteiger partial charge in [0, 0.05) is 48.6 Å². The van der Waals surface area contributed by atoms with E-state index in [-0.39, 0.29) is 5.91 Å². The number of benzene rings is 1. The van der Waals surface area contributed by atoms with Gasteiger partial charge < -0.3 is 15.1 Å². The lowest BCUT2D eigenvalue weighted by atomic mass is 10.2. The highest BCUT2D eigenvalue weighted by atomic mass is 35.5. The van der Waals surface area contributed by atoms with Crippen molar-refractivity contribution in [2.75, 3.05) is 36.4 Å². The summed E-state index contributed by atoms with van der Waals surface area (Å²) in [5.41, 5.74) is 2.39. The van der Waals surface area contributed by atoms with Crippen LogP contribution >= 0.6 is 11.6 Å². The molecule has 2 fully saturated rings. The molecule has 1 aliphatic carbocycles. The number of amides is 1. The molecule has 1 saturated heterocycles. The van der Waals surface area contributed by atoms with Crippen LogP contribution in [-0.4, -0.2) is 53.0 Å². The second-order valence-corrected chi connectivity index (χ2v) is 8.04. The van der Waals surface area contributed by atoms with Gasteiger partial charge in [0.05, 0.1) is 0 Å². The van der Waals surface area contributed by atoms with Gasteiger partial charge in [0.15, 0.2) is 0 Å². The molecule has 0 unspecified atom stereocenters. The average molecular weight is 400 g/mol. The number of aromatic nitrogens is 2. The lowest BCUT2D eigenvalue weighted by Crippen LogP contribution is -2.49. The van der Waals surface area contributed by atoms with Crippen LogP contribution in [0, 0.1) is 6.92 Å². The second kappa shape index (κ2) is 8.35. The molecule has 2 aliphatic rings. The topological polar surface area (TPSA) is 61.4 Å². The molecule has 1 N–H and O–H groups in total. The number of anilines is 2. The van der Waals surface area contributed by atoms with Crippen LogP contribution in [0.2, 0.25) is 5.02 Å². The highest BCUT2D eigenvalue weighted by Crippen LogP contribution is 2.23. The van der Waals surface area contributed by atoms with Gasteiger partial charge in [-0.2, -0.15) is 0 Å². The minimum absolute atomic E-state index is 0.0225. The number of piperazine rings is 1. The Hall–Kier alpha value is -2.34. The fourth-order valence-corrected chi connectivity index (χ4v) is 4.18. The Labute approximate surface area is 170 Å². The Bertz CT molecular complexity index is 844. The fraction of sp³-hybridized carbons (Fsp3) is 0.476. The van der Waals surface area contributed by atoms with Crippen molar-refractivity contribution in [2.45, 2.75) is 38.6 Å². The van der Waals surface area contributed by atoms with E-state index in [1.807, 2.05) is 30.0 Å². The molecule has 6 nitrogen and oxygen atoms in total. The molecule has 2 aromatic rings. The monoisotopic (exact) mass is 399 g/mol. The predicted octanol–water partition coefficient (Wildman–Crippen LogP) is 3.76. The van der Waals surface area contributed by atoms with E-state index in [9.17, 15) is 4.79 Å². The van der Waals surface area contributed by atoms with Crippen LogP contribution in [0.25, 0.3) is 0 Å². The quantitative estimate of drug-likeness (QED) is 0.848. The summed E-state index contributed by atoms with van der Waals surface area (Å²) in [7, 11) is 0. The lowest BCUT2D eigenvalue weighted by Gasteiger charge is -2.36. The zero-order chi connectivity index (χ0) is 19.5. The number of nitrogens with one attached hydrogen (secondary N) is 1. The summed E-state index contributed by atoms with van der Waals surface area (Å²) >= 11 is 6.10. The standard InChI is InChI=1S/C21H26ClN5O/c1-15-13-19(25-21(23-15)24-17-6-2-3-7-17)20(28)27-11-9-26(10-12-27)18-8-4-5-16(22)14-18/h4-5,8,13-14,17H,2-3,6-7,9-12H2,1H3,(H,23,24,25). The van der Waals surface area contributed by atoms with Gasteiger partial charge in [0.2, 0.25) is 5.95 Å². The van der Waals surface area contributed by atoms with Crippen molar-refractivity contribution in [1.29, 1.82) is 0 Å². The van der Waals surface area contributed by atoms with E-state index in [0.717, 1.165) is 42.3 Å². The van der Waals surface area contributed by atoms with Crippen LogP contribution in [0.15, 0.2) is 30.3 Å². The largest absolute Gasteiger partial charge is 0.368 e. The molecule has 1 saturated carbocycles. The van der Waals surface area contributed by atoms with Gasteiger partial charge in [-0.3, -0.25) is 4.79 Å². The van der Waals surface area contributed by atoms with Crippen LogP contribution in [-0.2, 0) is 0 Å². The Morgan fingerprint density at radius 2 is 1.86 bits per heavy atom. The molecule has 1 aromatic heterocycles. The van der Waals surface area contributed by atoms with E-state index in [1.165, 1.54) is 12.8 Å². The minimum atomic E-state index is -0.0225. The van der Waals surface area contributed by atoms with Crippen molar-refractivity contribution >= 4 is 29.1 Å². The maximum Gasteiger partial charge on any atom is 0.272 e. The fourth-order valence-electron chi connectivity index (χ4n) is 4.00. The first-order valence-corrected chi connectivity index (χ1v) is 10.4. The molecule has 4 rings (SSSR count). The number of aryl methyl sites for hydroxylation is 1. The van der Waals surface area contributed by atoms with Gasteiger partial charge in [0.25, 0.3) is 5.91 Å². The highest BCUT2D eigenvalue weighted by Gasteiger charge is 2.24. The number of hydrogen-bond acceptors (Lipinski definition) is 5. The molecule has 0 bridgehead atoms. The van der Waals surface area contributed by atoms with E-state index in [2.05, 4.69) is 26.3 Å². The number of carbonyl (C=O) groups excluding carboxylic acids is 1. The van der Waals surface area contributed by atoms with Crippen LogP contribution in [0.4, 0.5) is 11.6 Å². The molecule has 0 spiro atoms. The smallest absolute Gasteiger partial charge is 0.272 e. The number of carbonyl (C=O) groups is 1. The maximum absolute atomic E-state index is 13.0. The number of hydrogen-bond donors (Lipinski definition) is 1. The first-order valence-electron chi connectivity index (χ1n) is 10.0. The van der Waals surface area contributed by atoms with E-state index in [1.54, 1.807) is 6.07 Å². The van der Waals surface area contributed by atoms with Gasteiger partial charge in [-0.15, -0.1) is 0 Å². The summed E-state index contributed by atoms with van der Waals surface area (Å²) in [4.78, 5) is 26.1. The Morgan fingerprint density at radius 3 is 2.57 bits per heavy atom. The molecule has 0 atom stereocenters. The second-order valence-electron chi connectivity index (χ2n) is 7.60. The molecule has 0 radical (unpaired) electrons. The Kier molecular flexibility index (Phi) is 5.67. The van der Waals surface area contributed by atoms with Gasteiger partial charge >= 0.3 is 0 Å². The summed E-state index contributed by atoms with van der Waals surface area (Å²) in [6, 6.07) is 10.1. The first-order chi connectivity index (χ1) is 13.6. The third-order valence-electron chi connectivity index (χ3n) is 5.50. The average Bonchev–Trinajstić information content (AvgIpc) is 3.20. The van der Waals surface area contributed by atoms with Gasteiger partial charge in [0.1, 0.15) is 5.69 Å². The summed E-state index contributed by atoms with van der Waals surface area (Å²) in [6.07, 6.45) is 4.77. The molecule has 2 heterocycles. The van der Waals surface area contributed by atoms with E-state index >= 15 is 0 Å². The van der Waals surface area contributed by atoms with Crippen LogP contribution in [0.3, 0.4) is 0 Å². The van der Waals surface area contributed by atoms with Crippen LogP contribution in [0.1, 0.15) is 41.9 Å². The van der Waals surface area contributed by atoms with Gasteiger partial charge in [-0.25, -0.2) is 9.97 Å². The minimum Gasteiger partial charge on any atom is -0.368 e. The van der Waals surface area contributed by atoms with Crippen molar-refractivity contribution in [3.05, 3.63) is 46.7 Å². The normalized spacial score (nSPS) is 17.8. The third-order valence-corrected chi connectivity index (χ3v) is 5.74. The first kappa shape index (κ1) is 19.0. The number of rotatable bonds is 4. The van der Waals surface area contributed by atoms with Crippen LogP contribution < -0.4 is 10.2 Å². The van der Waals surface area contributed by atoms with Crippen molar-refractivity contribution < 1.29 is 4.79 Å². The summed E-state index contributed by atoms with van der Waals surface area (Å²) in [5, 5.41) is 4.13. The van der Waals surface area contributed by atoms with Crippen molar-refractivity contribution in [2.24, 2.45) is 0 Å². The molecule has 148 valence electrons. The van der Waals surface area contributed by atoms with Crippen LogP contribution in [0.5, 0.6) is 0 Å². The summed E-state index contributed by atoms with van der Waals surface area (Å²) in [5.74, 6) is 0.554. The Morgan fingerprint density at radius 1 is 1.11 bits per heavy atom. The third kappa shape index (κ3) is 4.38. The zero-order valence-corrected chi connectivity index (χ0v) is 17.0. The van der Waals surface area contributed by atoms with Gasteiger partial charge in [-0.1, -0.05) is 30.5 Å². The summed E-state index contributed by atoms with van der Waals surface area (Å²) in [6.45, 7) is 4.81. The number of nitrogens with zero attached hydrogens (tertiary/aromatic N) is 4. The SMILES string of the molecule is Cc1cc(C(=O)N2CCN(c3cccc(Cl)c3)CC2)nc(NC2CCCC2)n1. The molecule has 1 aromatic carbocycles. The predicted molar refractivity (Wildman–Crippen MR) is 112 cm³/mol. The van der Waals surface area contributed by atoms with E-state index in [0.29, 0.717) is 30.8 Å². The van der Waals surface area contributed by atoms with Crippen molar-refractivity contribution in [3.8, 4) is 0 Å². The summed E-state index contributed by atoms with van der Waals surface area (Å²) < 4.78 is 0. The highest BCUT2D eigenvalue weighted by molar-refractivity contribution is 6.30. The van der Waals surface area contributed by atoms with Gasteiger partial charge in [-0.05, 0) is 44.0 Å². The molecule has 1 aliphatic heterocycles. The molecular weight excluding hydrogens is 374 g/mol. The van der Waals surface area contributed by atoms with Crippen molar-refractivity contribution in [1.82, 2.24) is 14.9 Å². The molecule has 28 heavy (non-hydrogen) atoms. The van der Waals surface area contributed by atoms with Crippen molar-refractivity contribution in [3.63, 3.8) is 0 Å². The van der Waals surface area contributed by atoms with E-state index < -0.39 is 0 Å². The Balaban J connectivity index is 1.41. The lowest BCUT2D eigenvalue weighted by molar-refractivity contribution is 0.0740. The maximum atomic E-state index is 13.0. The molecule has 7 heteroatoms.